The van der Waals surface area contributed by atoms with Crippen molar-refractivity contribution in [2.75, 3.05) is 0 Å². The van der Waals surface area contributed by atoms with Crippen molar-refractivity contribution in [3.05, 3.63) is 0 Å². The van der Waals surface area contributed by atoms with Crippen molar-refractivity contribution in [1.82, 2.24) is 0 Å². The van der Waals surface area contributed by atoms with E-state index in [9.17, 15) is 14.7 Å². The molecule has 6 nitrogen and oxygen atoms in total. The molecular formula is C26H52O6Si2. The molecule has 0 aliphatic carbocycles. The zero-order chi connectivity index (χ0) is 26.6. The molecule has 0 unspecified atom stereocenters. The van der Waals surface area contributed by atoms with Crippen LogP contribution in [-0.4, -0.2) is 57.9 Å². The standard InChI is InChI=1S/C26H52O6Si2/c1-13-34(14-2,15-3)31-21(9)16(4)25(32-33(10,11)12)19(7)22(27)17(5)24-18(6)23(28)20(8)26(29)30-24/h16-21,23-25,28H,13-15H2,1-12H3/t16-,17-,18+,19+,20-,21-,23+,24-,25-/m1/s1. The van der Waals surface area contributed by atoms with Crippen LogP contribution in [0.1, 0.15) is 62.3 Å². The third-order valence-electron chi connectivity index (χ3n) is 8.19. The van der Waals surface area contributed by atoms with E-state index < -0.39 is 46.6 Å². The zero-order valence-corrected chi connectivity index (χ0v) is 25.8. The van der Waals surface area contributed by atoms with E-state index in [4.69, 9.17) is 13.6 Å². The van der Waals surface area contributed by atoms with E-state index in [1.54, 1.807) is 6.92 Å². The number of carbonyl (C=O) groups excluding carboxylic acids is 2. The molecule has 1 aliphatic heterocycles. The fraction of sp³-hybridized carbons (Fsp3) is 0.923. The van der Waals surface area contributed by atoms with Crippen LogP contribution in [-0.2, 0) is 23.2 Å². The Balaban J connectivity index is 3.16. The average Bonchev–Trinajstić information content (AvgIpc) is 2.79. The van der Waals surface area contributed by atoms with E-state index in [1.165, 1.54) is 0 Å². The van der Waals surface area contributed by atoms with Gasteiger partial charge in [-0.1, -0.05) is 48.5 Å². The molecule has 0 saturated carbocycles. The summed E-state index contributed by atoms with van der Waals surface area (Å²) in [5, 5.41) is 10.5. The number of aliphatic hydroxyl groups is 1. The van der Waals surface area contributed by atoms with Crippen molar-refractivity contribution in [3.8, 4) is 0 Å². The molecular weight excluding hydrogens is 464 g/mol. The smallest absolute Gasteiger partial charge is 0.311 e. The van der Waals surface area contributed by atoms with Crippen LogP contribution in [0, 0.1) is 29.6 Å². The van der Waals surface area contributed by atoms with E-state index >= 15 is 0 Å². The number of esters is 1. The third-order valence-corrected chi connectivity index (χ3v) is 13.9. The Hall–Kier alpha value is -0.546. The Morgan fingerprint density at radius 2 is 1.50 bits per heavy atom. The first-order valence-corrected chi connectivity index (χ1v) is 19.3. The summed E-state index contributed by atoms with van der Waals surface area (Å²) >= 11 is 0. The molecule has 0 aromatic rings. The van der Waals surface area contributed by atoms with Crippen LogP contribution in [0.5, 0.6) is 0 Å². The van der Waals surface area contributed by atoms with E-state index in [2.05, 4.69) is 54.3 Å². The molecule has 1 saturated heterocycles. The summed E-state index contributed by atoms with van der Waals surface area (Å²) in [5.41, 5.74) is 0. The van der Waals surface area contributed by atoms with Crippen LogP contribution >= 0.6 is 0 Å². The molecule has 0 aromatic heterocycles. The van der Waals surface area contributed by atoms with Crippen molar-refractivity contribution in [2.24, 2.45) is 29.6 Å². The van der Waals surface area contributed by atoms with Gasteiger partial charge in [0.15, 0.2) is 16.6 Å². The second-order valence-electron chi connectivity index (χ2n) is 11.6. The Morgan fingerprint density at radius 1 is 1.00 bits per heavy atom. The summed E-state index contributed by atoms with van der Waals surface area (Å²) in [4.78, 5) is 26.0. The maximum absolute atomic E-state index is 13.7. The summed E-state index contributed by atoms with van der Waals surface area (Å²) in [7, 11) is -3.77. The number of carbonyl (C=O) groups is 2. The van der Waals surface area contributed by atoms with Crippen molar-refractivity contribution >= 4 is 28.4 Å². The van der Waals surface area contributed by atoms with Gasteiger partial charge in [-0.2, -0.15) is 0 Å². The molecule has 8 heteroatoms. The third kappa shape index (κ3) is 7.48. The fourth-order valence-corrected chi connectivity index (χ4v) is 9.51. The minimum absolute atomic E-state index is 0.0127. The molecule has 0 amide bonds. The highest BCUT2D eigenvalue weighted by atomic mass is 28.4. The van der Waals surface area contributed by atoms with Gasteiger partial charge >= 0.3 is 5.97 Å². The lowest BCUT2D eigenvalue weighted by Crippen LogP contribution is -2.53. The first-order chi connectivity index (χ1) is 15.6. The van der Waals surface area contributed by atoms with Crippen LogP contribution in [0.25, 0.3) is 0 Å². The molecule has 1 fully saturated rings. The number of cyclic esters (lactones) is 1. The van der Waals surface area contributed by atoms with Crippen molar-refractivity contribution < 1.29 is 28.3 Å². The number of ether oxygens (including phenoxy) is 1. The van der Waals surface area contributed by atoms with Crippen LogP contribution in [0.2, 0.25) is 37.8 Å². The topological polar surface area (TPSA) is 82.1 Å². The largest absolute Gasteiger partial charge is 0.461 e. The Morgan fingerprint density at radius 3 is 1.94 bits per heavy atom. The monoisotopic (exact) mass is 516 g/mol. The van der Waals surface area contributed by atoms with Gasteiger partial charge in [0, 0.05) is 23.9 Å². The average molecular weight is 517 g/mol. The normalized spacial score (nSPS) is 28.6. The first-order valence-electron chi connectivity index (χ1n) is 13.3. The maximum atomic E-state index is 13.7. The second-order valence-corrected chi connectivity index (χ2v) is 20.8. The summed E-state index contributed by atoms with van der Waals surface area (Å²) in [5.74, 6) is -2.18. The number of ketones is 1. The minimum atomic E-state index is -1.96. The number of hydrogen-bond donors (Lipinski definition) is 1. The molecule has 1 aliphatic rings. The molecule has 200 valence electrons. The summed E-state index contributed by atoms with van der Waals surface area (Å²) in [6, 6.07) is 3.23. The van der Waals surface area contributed by atoms with Gasteiger partial charge in [0.1, 0.15) is 11.9 Å². The molecule has 0 radical (unpaired) electrons. The molecule has 1 N–H and O–H groups in total. The van der Waals surface area contributed by atoms with Gasteiger partial charge in [-0.05, 0) is 51.6 Å². The predicted molar refractivity (Wildman–Crippen MR) is 143 cm³/mol. The highest BCUT2D eigenvalue weighted by Gasteiger charge is 2.47. The minimum Gasteiger partial charge on any atom is -0.461 e. The highest BCUT2D eigenvalue weighted by molar-refractivity contribution is 6.73. The van der Waals surface area contributed by atoms with Gasteiger partial charge in [0.05, 0.1) is 24.0 Å². The van der Waals surface area contributed by atoms with Gasteiger partial charge in [0.25, 0.3) is 0 Å². The van der Waals surface area contributed by atoms with Gasteiger partial charge in [-0.25, -0.2) is 0 Å². The van der Waals surface area contributed by atoms with Gasteiger partial charge in [-0.3, -0.25) is 9.59 Å². The summed E-state index contributed by atoms with van der Waals surface area (Å²) in [6.07, 6.45) is -1.75. The number of Topliss-reactive ketones (excluding diaryl/α,β-unsaturated/α-hetero) is 1. The Bertz CT molecular complexity index is 666. The zero-order valence-electron chi connectivity index (χ0n) is 23.8. The SMILES string of the molecule is CC[Si](CC)(CC)O[C@H](C)[C@@H](C)[C@@H](O[Si](C)(C)C)[C@@H](C)C(=O)[C@@H](C)[C@H]1OC(=O)[C@H](C)[C@@H](O)[C@@H]1C. The highest BCUT2D eigenvalue weighted by Crippen LogP contribution is 2.35. The van der Waals surface area contributed by atoms with E-state index in [0.29, 0.717) is 0 Å². The van der Waals surface area contributed by atoms with Gasteiger partial charge in [-0.15, -0.1) is 0 Å². The van der Waals surface area contributed by atoms with Gasteiger partial charge < -0.3 is 18.7 Å². The molecule has 0 bridgehead atoms. The maximum Gasteiger partial charge on any atom is 0.311 e. The number of rotatable bonds is 13. The van der Waals surface area contributed by atoms with Crippen LogP contribution in [0.3, 0.4) is 0 Å². The van der Waals surface area contributed by atoms with Crippen molar-refractivity contribution in [1.29, 1.82) is 0 Å². The molecule has 1 rings (SSSR count). The van der Waals surface area contributed by atoms with E-state index in [1.807, 2.05) is 20.8 Å². The van der Waals surface area contributed by atoms with Crippen LogP contribution in [0.4, 0.5) is 0 Å². The van der Waals surface area contributed by atoms with Crippen molar-refractivity contribution in [2.45, 2.75) is 125 Å². The van der Waals surface area contributed by atoms with E-state index in [-0.39, 0.29) is 35.7 Å². The van der Waals surface area contributed by atoms with Gasteiger partial charge in [0.2, 0.25) is 0 Å². The number of aliphatic hydroxyl groups excluding tert-OH is 1. The quantitative estimate of drug-likeness (QED) is 0.251. The molecule has 34 heavy (non-hydrogen) atoms. The van der Waals surface area contributed by atoms with E-state index in [0.717, 1.165) is 18.1 Å². The lowest BCUT2D eigenvalue weighted by Gasteiger charge is -2.42. The first kappa shape index (κ1) is 31.5. The predicted octanol–water partition coefficient (Wildman–Crippen LogP) is 5.65. The molecule has 9 atom stereocenters. The molecule has 0 aromatic carbocycles. The molecule has 0 spiro atoms. The van der Waals surface area contributed by atoms with Crippen LogP contribution < -0.4 is 0 Å². The van der Waals surface area contributed by atoms with Crippen LogP contribution in [0.15, 0.2) is 0 Å². The fourth-order valence-electron chi connectivity index (χ4n) is 5.28. The second kappa shape index (κ2) is 12.6. The lowest BCUT2D eigenvalue weighted by molar-refractivity contribution is -0.183. The summed E-state index contributed by atoms with van der Waals surface area (Å²) in [6.45, 7) is 24.6. The molecule has 1 heterocycles. The lowest BCUT2D eigenvalue weighted by atomic mass is 9.76. The Kier molecular flexibility index (Phi) is 11.7. The van der Waals surface area contributed by atoms with Crippen molar-refractivity contribution in [3.63, 3.8) is 0 Å². The summed E-state index contributed by atoms with van der Waals surface area (Å²) < 4.78 is 19.0. The number of hydrogen-bond acceptors (Lipinski definition) is 6. The Labute approximate surface area is 210 Å².